The van der Waals surface area contributed by atoms with Gasteiger partial charge in [-0.1, -0.05) is 6.07 Å². The molecule has 82 valence electrons. The molecule has 6 heteroatoms. The number of rotatable bonds is 5. The van der Waals surface area contributed by atoms with E-state index in [1.165, 1.54) is 11.3 Å². The van der Waals surface area contributed by atoms with E-state index in [2.05, 4.69) is 5.32 Å². The van der Waals surface area contributed by atoms with Gasteiger partial charge in [-0.05, 0) is 11.4 Å². The van der Waals surface area contributed by atoms with Crippen LogP contribution in [0.2, 0.25) is 0 Å². The van der Waals surface area contributed by atoms with E-state index < -0.39 is 24.5 Å². The SMILES string of the molecule is O=C(Cc1cccs1)N[C@@H](CO)C(=O)O. The predicted octanol–water partition coefficient (Wildman–Crippen LogP) is -0.148. The summed E-state index contributed by atoms with van der Waals surface area (Å²) >= 11 is 1.42. The molecule has 0 unspecified atom stereocenters. The minimum atomic E-state index is -1.24. The number of thiophene rings is 1. The maximum absolute atomic E-state index is 11.3. The van der Waals surface area contributed by atoms with Crippen molar-refractivity contribution in [3.63, 3.8) is 0 Å². The molecule has 0 bridgehead atoms. The van der Waals surface area contributed by atoms with Gasteiger partial charge in [0.2, 0.25) is 5.91 Å². The summed E-state index contributed by atoms with van der Waals surface area (Å²) < 4.78 is 0. The zero-order valence-corrected chi connectivity index (χ0v) is 8.66. The third-order valence-electron chi connectivity index (χ3n) is 1.73. The summed E-state index contributed by atoms with van der Waals surface area (Å²) in [4.78, 5) is 22.7. The first kappa shape index (κ1) is 11.7. The summed E-state index contributed by atoms with van der Waals surface area (Å²) in [5, 5.41) is 21.3. The van der Waals surface area contributed by atoms with Crippen LogP contribution in [0.1, 0.15) is 4.88 Å². The molecule has 0 aliphatic carbocycles. The number of carbonyl (C=O) groups excluding carboxylic acids is 1. The Balaban J connectivity index is 2.45. The lowest BCUT2D eigenvalue weighted by Gasteiger charge is -2.10. The molecule has 1 atom stereocenters. The summed E-state index contributed by atoms with van der Waals surface area (Å²) in [6.45, 7) is -0.606. The van der Waals surface area contributed by atoms with E-state index in [0.29, 0.717) is 0 Å². The number of aliphatic hydroxyl groups is 1. The molecule has 1 aromatic rings. The number of nitrogens with one attached hydrogen (secondary N) is 1. The molecule has 0 aliphatic rings. The number of hydrogen-bond acceptors (Lipinski definition) is 4. The third kappa shape index (κ3) is 3.69. The summed E-state index contributed by atoms with van der Waals surface area (Å²) in [5.41, 5.74) is 0. The Morgan fingerprint density at radius 3 is 2.73 bits per heavy atom. The zero-order valence-electron chi connectivity index (χ0n) is 7.84. The summed E-state index contributed by atoms with van der Waals surface area (Å²) in [5.74, 6) is -1.64. The van der Waals surface area contributed by atoms with E-state index in [1.807, 2.05) is 11.4 Å². The maximum Gasteiger partial charge on any atom is 0.328 e. The Hall–Kier alpha value is -1.40. The van der Waals surface area contributed by atoms with Gasteiger partial charge in [0.25, 0.3) is 0 Å². The lowest BCUT2D eigenvalue weighted by molar-refractivity contribution is -0.142. The Kier molecular flexibility index (Phi) is 4.26. The first-order valence-corrected chi connectivity index (χ1v) is 5.17. The third-order valence-corrected chi connectivity index (χ3v) is 2.61. The highest BCUT2D eigenvalue weighted by atomic mass is 32.1. The second kappa shape index (κ2) is 5.47. The highest BCUT2D eigenvalue weighted by molar-refractivity contribution is 7.10. The van der Waals surface area contributed by atoms with Crippen LogP contribution in [0.4, 0.5) is 0 Å². The summed E-state index contributed by atoms with van der Waals surface area (Å²) in [6, 6.07) is 2.38. The van der Waals surface area contributed by atoms with E-state index in [9.17, 15) is 9.59 Å². The fourth-order valence-corrected chi connectivity index (χ4v) is 1.71. The van der Waals surface area contributed by atoms with Crippen molar-refractivity contribution in [2.45, 2.75) is 12.5 Å². The predicted molar refractivity (Wildman–Crippen MR) is 54.7 cm³/mol. The average molecular weight is 229 g/mol. The molecule has 1 amide bonds. The second-order valence-electron chi connectivity index (χ2n) is 2.90. The van der Waals surface area contributed by atoms with Crippen LogP contribution in [0, 0.1) is 0 Å². The van der Waals surface area contributed by atoms with Gasteiger partial charge in [0, 0.05) is 4.88 Å². The molecule has 0 saturated carbocycles. The van der Waals surface area contributed by atoms with Crippen molar-refractivity contribution < 1.29 is 19.8 Å². The van der Waals surface area contributed by atoms with Crippen molar-refractivity contribution in [3.05, 3.63) is 22.4 Å². The van der Waals surface area contributed by atoms with Crippen LogP contribution >= 0.6 is 11.3 Å². The van der Waals surface area contributed by atoms with E-state index in [4.69, 9.17) is 10.2 Å². The van der Waals surface area contributed by atoms with Crippen LogP contribution in [0.25, 0.3) is 0 Å². The molecule has 0 aliphatic heterocycles. The molecule has 5 nitrogen and oxygen atoms in total. The van der Waals surface area contributed by atoms with Crippen LogP contribution < -0.4 is 5.32 Å². The number of aliphatic hydroxyl groups excluding tert-OH is 1. The van der Waals surface area contributed by atoms with Crippen molar-refractivity contribution in [3.8, 4) is 0 Å². The number of carboxylic acid groups (broad SMARTS) is 1. The van der Waals surface area contributed by atoms with Gasteiger partial charge in [-0.3, -0.25) is 4.79 Å². The smallest absolute Gasteiger partial charge is 0.328 e. The van der Waals surface area contributed by atoms with Gasteiger partial charge >= 0.3 is 5.97 Å². The van der Waals surface area contributed by atoms with Gasteiger partial charge < -0.3 is 15.5 Å². The van der Waals surface area contributed by atoms with Crippen LogP contribution in [0.15, 0.2) is 17.5 Å². The quantitative estimate of drug-likeness (QED) is 0.655. The Labute approximate surface area is 90.4 Å². The van der Waals surface area contributed by atoms with Crippen LogP contribution in [0.5, 0.6) is 0 Å². The first-order valence-electron chi connectivity index (χ1n) is 4.29. The largest absolute Gasteiger partial charge is 0.480 e. The average Bonchev–Trinajstić information content (AvgIpc) is 2.66. The van der Waals surface area contributed by atoms with Crippen LogP contribution in [-0.2, 0) is 16.0 Å². The zero-order chi connectivity index (χ0) is 11.3. The fourth-order valence-electron chi connectivity index (χ4n) is 1.00. The van der Waals surface area contributed by atoms with E-state index >= 15 is 0 Å². The van der Waals surface area contributed by atoms with Crippen molar-refractivity contribution in [1.82, 2.24) is 5.32 Å². The minimum absolute atomic E-state index is 0.140. The number of carboxylic acids is 1. The molecular formula is C9H11NO4S. The van der Waals surface area contributed by atoms with Crippen molar-refractivity contribution in [2.24, 2.45) is 0 Å². The highest BCUT2D eigenvalue weighted by Gasteiger charge is 2.18. The fraction of sp³-hybridized carbons (Fsp3) is 0.333. The molecule has 0 aromatic carbocycles. The molecule has 1 aromatic heterocycles. The Morgan fingerprint density at radius 1 is 1.53 bits per heavy atom. The van der Waals surface area contributed by atoms with E-state index in [-0.39, 0.29) is 6.42 Å². The molecule has 15 heavy (non-hydrogen) atoms. The lowest BCUT2D eigenvalue weighted by atomic mass is 10.2. The van der Waals surface area contributed by atoms with Gasteiger partial charge in [-0.15, -0.1) is 11.3 Å². The number of hydrogen-bond donors (Lipinski definition) is 3. The summed E-state index contributed by atoms with van der Waals surface area (Å²) in [6.07, 6.45) is 0.140. The maximum atomic E-state index is 11.3. The standard InChI is InChI=1S/C9H11NO4S/c11-5-7(9(13)14)10-8(12)4-6-2-1-3-15-6/h1-3,7,11H,4-5H2,(H,10,12)(H,13,14)/t7-/m0/s1. The number of amides is 1. The van der Waals surface area contributed by atoms with Crippen molar-refractivity contribution in [1.29, 1.82) is 0 Å². The van der Waals surface area contributed by atoms with Gasteiger partial charge in [-0.2, -0.15) is 0 Å². The van der Waals surface area contributed by atoms with Crippen LogP contribution in [-0.4, -0.2) is 34.7 Å². The van der Waals surface area contributed by atoms with Gasteiger partial charge in [0.1, 0.15) is 6.04 Å². The number of carbonyl (C=O) groups is 2. The number of aliphatic carboxylic acids is 1. The highest BCUT2D eigenvalue weighted by Crippen LogP contribution is 2.08. The van der Waals surface area contributed by atoms with Crippen molar-refractivity contribution >= 4 is 23.2 Å². The first-order chi connectivity index (χ1) is 7.13. The topological polar surface area (TPSA) is 86.6 Å². The Morgan fingerprint density at radius 2 is 2.27 bits per heavy atom. The summed E-state index contributed by atoms with van der Waals surface area (Å²) in [7, 11) is 0. The molecule has 0 radical (unpaired) electrons. The van der Waals surface area contributed by atoms with Gasteiger partial charge in [-0.25, -0.2) is 4.79 Å². The van der Waals surface area contributed by atoms with Crippen LogP contribution in [0.3, 0.4) is 0 Å². The lowest BCUT2D eigenvalue weighted by Crippen LogP contribution is -2.43. The monoisotopic (exact) mass is 229 g/mol. The van der Waals surface area contributed by atoms with Gasteiger partial charge in [0.05, 0.1) is 13.0 Å². The molecule has 0 saturated heterocycles. The molecule has 3 N–H and O–H groups in total. The van der Waals surface area contributed by atoms with Crippen molar-refractivity contribution in [2.75, 3.05) is 6.61 Å². The molecule has 0 spiro atoms. The molecule has 0 fully saturated rings. The molecular weight excluding hydrogens is 218 g/mol. The second-order valence-corrected chi connectivity index (χ2v) is 3.93. The molecule has 1 rings (SSSR count). The Bertz CT molecular complexity index is 336. The van der Waals surface area contributed by atoms with E-state index in [1.54, 1.807) is 6.07 Å². The normalized spacial score (nSPS) is 12.1. The molecule has 1 heterocycles. The van der Waals surface area contributed by atoms with Gasteiger partial charge in [0.15, 0.2) is 0 Å². The van der Waals surface area contributed by atoms with E-state index in [0.717, 1.165) is 4.88 Å². The minimum Gasteiger partial charge on any atom is -0.480 e.